The molecule has 17 heavy (non-hydrogen) atoms. The number of hydrogen-bond donors (Lipinski definition) is 2. The Kier molecular flexibility index (Phi) is 8.01. The van der Waals surface area contributed by atoms with Crippen molar-refractivity contribution in [1.29, 1.82) is 0 Å². The third-order valence-electron chi connectivity index (χ3n) is 3.12. The lowest BCUT2D eigenvalue weighted by Crippen LogP contribution is -2.38. The average Bonchev–Trinajstić information content (AvgIpc) is 2.38. The molecule has 0 radical (unpaired) electrons. The molecule has 4 heteroatoms. The van der Waals surface area contributed by atoms with Crippen molar-refractivity contribution in [2.75, 3.05) is 32.8 Å². The SMILES string of the molecule is CCCCOCCCNC(=O)C1CCNCC1. The Labute approximate surface area is 104 Å². The largest absolute Gasteiger partial charge is 0.381 e. The molecule has 0 aromatic rings. The predicted molar refractivity (Wildman–Crippen MR) is 68.9 cm³/mol. The molecule has 1 fully saturated rings. The molecule has 0 aromatic carbocycles. The number of rotatable bonds is 8. The van der Waals surface area contributed by atoms with Gasteiger partial charge in [0.05, 0.1) is 0 Å². The number of piperidine rings is 1. The van der Waals surface area contributed by atoms with Gasteiger partial charge in [-0.1, -0.05) is 13.3 Å². The molecule has 1 heterocycles. The summed E-state index contributed by atoms with van der Waals surface area (Å²) in [4.78, 5) is 11.8. The van der Waals surface area contributed by atoms with Gasteiger partial charge in [0.25, 0.3) is 0 Å². The molecule has 0 spiro atoms. The van der Waals surface area contributed by atoms with Crippen LogP contribution in [0.15, 0.2) is 0 Å². The Morgan fingerprint density at radius 2 is 2.00 bits per heavy atom. The minimum Gasteiger partial charge on any atom is -0.381 e. The molecule has 1 amide bonds. The molecule has 4 nitrogen and oxygen atoms in total. The van der Waals surface area contributed by atoms with Crippen LogP contribution in [0.2, 0.25) is 0 Å². The van der Waals surface area contributed by atoms with Crippen LogP contribution in [-0.2, 0) is 9.53 Å². The van der Waals surface area contributed by atoms with E-state index in [1.807, 2.05) is 0 Å². The van der Waals surface area contributed by atoms with E-state index in [4.69, 9.17) is 4.74 Å². The summed E-state index contributed by atoms with van der Waals surface area (Å²) in [6.45, 7) is 6.44. The van der Waals surface area contributed by atoms with Crippen molar-refractivity contribution in [1.82, 2.24) is 10.6 Å². The molecule has 0 aromatic heterocycles. The zero-order valence-electron chi connectivity index (χ0n) is 11.0. The normalized spacial score (nSPS) is 17.0. The van der Waals surface area contributed by atoms with E-state index in [0.717, 1.165) is 58.5 Å². The Balaban J connectivity index is 1.92. The third-order valence-corrected chi connectivity index (χ3v) is 3.12. The molecule has 1 saturated heterocycles. The highest BCUT2D eigenvalue weighted by molar-refractivity contribution is 5.78. The smallest absolute Gasteiger partial charge is 0.223 e. The van der Waals surface area contributed by atoms with Crippen LogP contribution in [0.25, 0.3) is 0 Å². The van der Waals surface area contributed by atoms with E-state index < -0.39 is 0 Å². The van der Waals surface area contributed by atoms with Crippen LogP contribution in [-0.4, -0.2) is 38.8 Å². The van der Waals surface area contributed by atoms with Crippen molar-refractivity contribution in [3.8, 4) is 0 Å². The van der Waals surface area contributed by atoms with Crippen LogP contribution in [0.5, 0.6) is 0 Å². The van der Waals surface area contributed by atoms with Gasteiger partial charge in [0.15, 0.2) is 0 Å². The molecule has 1 rings (SSSR count). The van der Waals surface area contributed by atoms with Crippen LogP contribution < -0.4 is 10.6 Å². The zero-order chi connectivity index (χ0) is 12.3. The summed E-state index contributed by atoms with van der Waals surface area (Å²) in [5, 5.41) is 6.26. The first-order valence-corrected chi connectivity index (χ1v) is 6.90. The first kappa shape index (κ1) is 14.5. The number of amides is 1. The fourth-order valence-corrected chi connectivity index (χ4v) is 1.96. The number of ether oxygens (including phenoxy) is 1. The maximum Gasteiger partial charge on any atom is 0.223 e. The predicted octanol–water partition coefficient (Wildman–Crippen LogP) is 1.31. The van der Waals surface area contributed by atoms with Crippen LogP contribution in [0.1, 0.15) is 39.0 Å². The maximum absolute atomic E-state index is 11.8. The van der Waals surface area contributed by atoms with Crippen LogP contribution in [0.3, 0.4) is 0 Å². The number of nitrogens with one attached hydrogen (secondary N) is 2. The van der Waals surface area contributed by atoms with E-state index in [0.29, 0.717) is 0 Å². The summed E-state index contributed by atoms with van der Waals surface area (Å²) in [7, 11) is 0. The van der Waals surface area contributed by atoms with Gasteiger partial charge in [0, 0.05) is 25.7 Å². The Morgan fingerprint density at radius 3 is 2.71 bits per heavy atom. The fourth-order valence-electron chi connectivity index (χ4n) is 1.96. The molecule has 100 valence electrons. The van der Waals surface area contributed by atoms with Crippen molar-refractivity contribution in [3.05, 3.63) is 0 Å². The summed E-state index contributed by atoms with van der Waals surface area (Å²) >= 11 is 0. The molecular formula is C13H26N2O2. The number of carbonyl (C=O) groups excluding carboxylic acids is 1. The van der Waals surface area contributed by atoms with Gasteiger partial charge in [0.2, 0.25) is 5.91 Å². The molecular weight excluding hydrogens is 216 g/mol. The summed E-state index contributed by atoms with van der Waals surface area (Å²) in [5.74, 6) is 0.442. The van der Waals surface area contributed by atoms with Crippen molar-refractivity contribution < 1.29 is 9.53 Å². The highest BCUT2D eigenvalue weighted by Crippen LogP contribution is 2.10. The molecule has 0 saturated carbocycles. The fraction of sp³-hybridized carbons (Fsp3) is 0.923. The van der Waals surface area contributed by atoms with Gasteiger partial charge in [-0.05, 0) is 38.8 Å². The second-order valence-corrected chi connectivity index (χ2v) is 4.63. The lowest BCUT2D eigenvalue weighted by atomic mass is 9.97. The number of carbonyl (C=O) groups is 1. The lowest BCUT2D eigenvalue weighted by molar-refractivity contribution is -0.125. The first-order chi connectivity index (χ1) is 8.34. The van der Waals surface area contributed by atoms with Gasteiger partial charge in [0.1, 0.15) is 0 Å². The Bertz CT molecular complexity index is 204. The standard InChI is InChI=1S/C13H26N2O2/c1-2-3-10-17-11-4-7-15-13(16)12-5-8-14-9-6-12/h12,14H,2-11H2,1H3,(H,15,16). The molecule has 0 bridgehead atoms. The highest BCUT2D eigenvalue weighted by Gasteiger charge is 2.19. The van der Waals surface area contributed by atoms with E-state index in [1.54, 1.807) is 0 Å². The molecule has 2 N–H and O–H groups in total. The van der Waals surface area contributed by atoms with Crippen molar-refractivity contribution >= 4 is 5.91 Å². The third kappa shape index (κ3) is 6.64. The van der Waals surface area contributed by atoms with Crippen molar-refractivity contribution in [2.45, 2.75) is 39.0 Å². The van der Waals surface area contributed by atoms with E-state index in [1.165, 1.54) is 6.42 Å². The summed E-state index contributed by atoms with van der Waals surface area (Å²) in [5.41, 5.74) is 0. The Morgan fingerprint density at radius 1 is 1.29 bits per heavy atom. The second-order valence-electron chi connectivity index (χ2n) is 4.63. The van der Waals surface area contributed by atoms with Crippen molar-refractivity contribution in [2.24, 2.45) is 5.92 Å². The van der Waals surface area contributed by atoms with E-state index in [-0.39, 0.29) is 11.8 Å². The quantitative estimate of drug-likeness (QED) is 0.631. The average molecular weight is 242 g/mol. The Hall–Kier alpha value is -0.610. The molecule has 0 aliphatic carbocycles. The number of hydrogen-bond acceptors (Lipinski definition) is 3. The molecule has 1 aliphatic rings. The molecule has 0 unspecified atom stereocenters. The highest BCUT2D eigenvalue weighted by atomic mass is 16.5. The number of unbranched alkanes of at least 4 members (excludes halogenated alkanes) is 1. The lowest BCUT2D eigenvalue weighted by Gasteiger charge is -2.21. The monoisotopic (exact) mass is 242 g/mol. The van der Waals surface area contributed by atoms with Gasteiger partial charge in [-0.25, -0.2) is 0 Å². The van der Waals surface area contributed by atoms with Gasteiger partial charge in [-0.2, -0.15) is 0 Å². The van der Waals surface area contributed by atoms with Gasteiger partial charge in [-0.15, -0.1) is 0 Å². The van der Waals surface area contributed by atoms with Crippen molar-refractivity contribution in [3.63, 3.8) is 0 Å². The van der Waals surface area contributed by atoms with E-state index >= 15 is 0 Å². The van der Waals surface area contributed by atoms with E-state index in [9.17, 15) is 4.79 Å². The van der Waals surface area contributed by atoms with Gasteiger partial charge in [-0.3, -0.25) is 4.79 Å². The topological polar surface area (TPSA) is 50.4 Å². The maximum atomic E-state index is 11.8. The molecule has 1 aliphatic heterocycles. The van der Waals surface area contributed by atoms with Gasteiger partial charge < -0.3 is 15.4 Å². The summed E-state index contributed by atoms with van der Waals surface area (Å²) in [6.07, 6.45) is 5.16. The minimum atomic E-state index is 0.220. The summed E-state index contributed by atoms with van der Waals surface area (Å²) < 4.78 is 5.44. The van der Waals surface area contributed by atoms with E-state index in [2.05, 4.69) is 17.6 Å². The molecule has 0 atom stereocenters. The first-order valence-electron chi connectivity index (χ1n) is 6.90. The van der Waals surface area contributed by atoms with Crippen LogP contribution in [0.4, 0.5) is 0 Å². The van der Waals surface area contributed by atoms with Gasteiger partial charge >= 0.3 is 0 Å². The van der Waals surface area contributed by atoms with Crippen LogP contribution in [0, 0.1) is 5.92 Å². The minimum absolute atomic E-state index is 0.220. The van der Waals surface area contributed by atoms with Crippen LogP contribution >= 0.6 is 0 Å². The second kappa shape index (κ2) is 9.42. The summed E-state index contributed by atoms with van der Waals surface area (Å²) in [6, 6.07) is 0. The zero-order valence-corrected chi connectivity index (χ0v) is 11.0.